The molecule has 3 atom stereocenters. The number of hydrogen-bond donors (Lipinski definition) is 2. The Hall–Kier alpha value is -2.67. The number of aliphatic hydroxyl groups excluding tert-OH is 1. The molecule has 0 radical (unpaired) electrons. The predicted octanol–water partition coefficient (Wildman–Crippen LogP) is 1.66. The van der Waals surface area contributed by atoms with Crippen molar-refractivity contribution in [2.24, 2.45) is 5.92 Å². The molecule has 3 amide bonds. The van der Waals surface area contributed by atoms with E-state index in [1.165, 1.54) is 0 Å². The van der Waals surface area contributed by atoms with E-state index in [0.29, 0.717) is 6.42 Å². The summed E-state index contributed by atoms with van der Waals surface area (Å²) >= 11 is 0. The van der Waals surface area contributed by atoms with Gasteiger partial charge in [0.2, 0.25) is 11.8 Å². The van der Waals surface area contributed by atoms with Crippen molar-refractivity contribution >= 4 is 17.9 Å². The maximum Gasteiger partial charge on any atom is 0.416 e. The fraction of sp³-hybridized carbons (Fsp3) is 0.450. The number of aliphatic hydroxyl groups is 1. The Kier molecular flexibility index (Phi) is 7.55. The van der Waals surface area contributed by atoms with Crippen LogP contribution in [-0.4, -0.2) is 53.2 Å². The van der Waals surface area contributed by atoms with E-state index >= 15 is 0 Å². The van der Waals surface area contributed by atoms with Crippen LogP contribution < -0.4 is 5.32 Å². The lowest BCUT2D eigenvalue weighted by Gasteiger charge is -2.24. The molecule has 1 saturated heterocycles. The Morgan fingerprint density at radius 2 is 2.11 bits per heavy atom. The van der Waals surface area contributed by atoms with Gasteiger partial charge in [-0.15, -0.1) is 6.58 Å². The number of amides is 3. The summed E-state index contributed by atoms with van der Waals surface area (Å²) in [7, 11) is 0. The zero-order chi connectivity index (χ0) is 19.8. The summed E-state index contributed by atoms with van der Waals surface area (Å²) in [6, 6.07) is 8.74. The summed E-state index contributed by atoms with van der Waals surface area (Å²) < 4.78 is 5.09. The molecule has 1 aromatic carbocycles. The number of nitrogens with zero attached hydrogens (tertiary/aromatic N) is 1. The minimum absolute atomic E-state index is 0.0863. The van der Waals surface area contributed by atoms with Crippen LogP contribution in [0.5, 0.6) is 0 Å². The molecule has 0 spiro atoms. The van der Waals surface area contributed by atoms with Crippen molar-refractivity contribution in [1.82, 2.24) is 10.2 Å². The number of allylic oxidation sites excluding steroid dienone is 1. The molecule has 1 aliphatic rings. The molecule has 0 unspecified atom stereocenters. The second-order valence-electron chi connectivity index (χ2n) is 6.71. The van der Waals surface area contributed by atoms with Crippen molar-refractivity contribution in [3.05, 3.63) is 48.6 Å². The van der Waals surface area contributed by atoms with Crippen LogP contribution in [0.1, 0.15) is 25.3 Å². The van der Waals surface area contributed by atoms with Gasteiger partial charge in [-0.25, -0.2) is 9.69 Å². The van der Waals surface area contributed by atoms with E-state index in [0.717, 1.165) is 10.5 Å². The first-order valence-corrected chi connectivity index (χ1v) is 9.01. The molecule has 27 heavy (non-hydrogen) atoms. The first-order valence-electron chi connectivity index (χ1n) is 9.01. The largest absolute Gasteiger partial charge is 0.447 e. The van der Waals surface area contributed by atoms with Crippen LogP contribution in [0.3, 0.4) is 0 Å². The van der Waals surface area contributed by atoms with Crippen molar-refractivity contribution in [3.8, 4) is 0 Å². The van der Waals surface area contributed by atoms with Gasteiger partial charge in [0.25, 0.3) is 0 Å². The van der Waals surface area contributed by atoms with Crippen molar-refractivity contribution in [1.29, 1.82) is 0 Å². The van der Waals surface area contributed by atoms with Gasteiger partial charge >= 0.3 is 6.09 Å². The highest BCUT2D eigenvalue weighted by molar-refractivity contribution is 5.96. The van der Waals surface area contributed by atoms with Crippen molar-refractivity contribution in [2.75, 3.05) is 13.2 Å². The minimum atomic E-state index is -0.711. The third kappa shape index (κ3) is 5.65. The van der Waals surface area contributed by atoms with Crippen LogP contribution in [0.15, 0.2) is 43.0 Å². The number of hydrogen-bond acceptors (Lipinski definition) is 5. The maximum atomic E-state index is 13.0. The van der Waals surface area contributed by atoms with Gasteiger partial charge < -0.3 is 15.2 Å². The Balaban J connectivity index is 2.10. The molecule has 0 aliphatic carbocycles. The van der Waals surface area contributed by atoms with Crippen LogP contribution in [0.4, 0.5) is 4.79 Å². The molecule has 0 bridgehead atoms. The topological polar surface area (TPSA) is 95.9 Å². The molecule has 7 heteroatoms. The van der Waals surface area contributed by atoms with Crippen LogP contribution in [-0.2, 0) is 20.7 Å². The van der Waals surface area contributed by atoms with Crippen LogP contribution in [0.2, 0.25) is 0 Å². The molecule has 1 aliphatic heterocycles. The molecule has 0 saturated carbocycles. The Morgan fingerprint density at radius 1 is 1.41 bits per heavy atom. The molecule has 7 nitrogen and oxygen atoms in total. The second kappa shape index (κ2) is 9.87. The SMILES string of the molecule is C=CC[C@@H](CC(=O)N[C@@H](C)CO)C(=O)N1C(=O)OC[C@H]1Cc1ccccc1. The zero-order valence-electron chi connectivity index (χ0n) is 15.5. The molecule has 1 heterocycles. The number of cyclic esters (lactones) is 1. The molecule has 0 aromatic heterocycles. The average molecular weight is 374 g/mol. The molecule has 2 N–H and O–H groups in total. The summed E-state index contributed by atoms with van der Waals surface area (Å²) in [5.74, 6) is -1.51. The van der Waals surface area contributed by atoms with Gasteiger partial charge in [0.05, 0.1) is 18.6 Å². The Bertz CT molecular complexity index is 676. The third-order valence-corrected chi connectivity index (χ3v) is 4.43. The van der Waals surface area contributed by atoms with E-state index in [2.05, 4.69) is 11.9 Å². The highest BCUT2D eigenvalue weighted by atomic mass is 16.6. The van der Waals surface area contributed by atoms with Crippen molar-refractivity contribution < 1.29 is 24.2 Å². The summed E-state index contributed by atoms with van der Waals surface area (Å²) in [6.45, 7) is 5.25. The van der Waals surface area contributed by atoms with Gasteiger partial charge in [-0.2, -0.15) is 0 Å². The van der Waals surface area contributed by atoms with Gasteiger partial charge in [-0.3, -0.25) is 9.59 Å². The van der Waals surface area contributed by atoms with Crippen LogP contribution in [0, 0.1) is 5.92 Å². The monoisotopic (exact) mass is 374 g/mol. The second-order valence-corrected chi connectivity index (χ2v) is 6.71. The number of benzene rings is 1. The fourth-order valence-electron chi connectivity index (χ4n) is 3.04. The molecule has 146 valence electrons. The van der Waals surface area contributed by atoms with E-state index in [1.54, 1.807) is 13.0 Å². The number of carbonyl (C=O) groups excluding carboxylic acids is 3. The van der Waals surface area contributed by atoms with Crippen LogP contribution in [0.25, 0.3) is 0 Å². The van der Waals surface area contributed by atoms with Gasteiger partial charge in [0.15, 0.2) is 0 Å². The molecule has 1 fully saturated rings. The molecule has 1 aromatic rings. The molecular weight excluding hydrogens is 348 g/mol. The summed E-state index contributed by atoms with van der Waals surface area (Å²) in [6.07, 6.45) is 1.55. The lowest BCUT2D eigenvalue weighted by molar-refractivity contribution is -0.136. The highest BCUT2D eigenvalue weighted by Crippen LogP contribution is 2.23. The quantitative estimate of drug-likeness (QED) is 0.641. The Morgan fingerprint density at radius 3 is 2.74 bits per heavy atom. The maximum absolute atomic E-state index is 13.0. The van der Waals surface area contributed by atoms with E-state index in [-0.39, 0.29) is 32.0 Å². The number of imide groups is 1. The van der Waals surface area contributed by atoms with Crippen LogP contribution >= 0.6 is 0 Å². The Labute approximate surface area is 159 Å². The standard InChI is InChI=1S/C20H26N2O5/c1-3-7-16(11-18(24)21-14(2)12-23)19(25)22-17(13-27-20(22)26)10-15-8-5-4-6-9-15/h3-6,8-9,14,16-17,23H,1,7,10-13H2,2H3,(H,21,24)/t14-,16-,17+/m0/s1. The summed E-state index contributed by atoms with van der Waals surface area (Å²) in [5, 5.41) is 11.7. The first-order chi connectivity index (χ1) is 13.0. The van der Waals surface area contributed by atoms with Gasteiger partial charge in [-0.1, -0.05) is 36.4 Å². The minimum Gasteiger partial charge on any atom is -0.447 e. The van der Waals surface area contributed by atoms with Gasteiger partial charge in [0, 0.05) is 12.5 Å². The highest BCUT2D eigenvalue weighted by Gasteiger charge is 2.40. The summed E-state index contributed by atoms with van der Waals surface area (Å²) in [4.78, 5) is 38.4. The normalized spacial score (nSPS) is 18.5. The lowest BCUT2D eigenvalue weighted by Crippen LogP contribution is -2.45. The van der Waals surface area contributed by atoms with E-state index < -0.39 is 30.0 Å². The first kappa shape index (κ1) is 20.6. The number of ether oxygens (including phenoxy) is 1. The molecular formula is C20H26N2O5. The zero-order valence-corrected chi connectivity index (χ0v) is 15.5. The molecule has 2 rings (SSSR count). The average Bonchev–Trinajstić information content (AvgIpc) is 3.01. The fourth-order valence-corrected chi connectivity index (χ4v) is 3.04. The number of nitrogens with one attached hydrogen (secondary N) is 1. The van der Waals surface area contributed by atoms with Crippen molar-refractivity contribution in [2.45, 2.75) is 38.3 Å². The van der Waals surface area contributed by atoms with E-state index in [4.69, 9.17) is 9.84 Å². The lowest BCUT2D eigenvalue weighted by atomic mass is 9.97. The third-order valence-electron chi connectivity index (χ3n) is 4.43. The van der Waals surface area contributed by atoms with Gasteiger partial charge in [-0.05, 0) is 25.3 Å². The van der Waals surface area contributed by atoms with E-state index in [9.17, 15) is 14.4 Å². The van der Waals surface area contributed by atoms with Gasteiger partial charge in [0.1, 0.15) is 6.61 Å². The predicted molar refractivity (Wildman–Crippen MR) is 99.7 cm³/mol. The summed E-state index contributed by atoms with van der Waals surface area (Å²) in [5.41, 5.74) is 0.994. The van der Waals surface area contributed by atoms with E-state index in [1.807, 2.05) is 30.3 Å². The number of carbonyl (C=O) groups is 3. The van der Waals surface area contributed by atoms with Crippen molar-refractivity contribution in [3.63, 3.8) is 0 Å². The number of rotatable bonds is 9. The smallest absolute Gasteiger partial charge is 0.416 e.